The first-order valence-electron chi connectivity index (χ1n) is 8.77. The van der Waals surface area contributed by atoms with E-state index in [4.69, 9.17) is 14.0 Å². The molecule has 0 unspecified atom stereocenters. The van der Waals surface area contributed by atoms with Gasteiger partial charge >= 0.3 is 6.09 Å². The second-order valence-corrected chi connectivity index (χ2v) is 8.72. The minimum Gasteiger partial charge on any atom is -0.494 e. The summed E-state index contributed by atoms with van der Waals surface area (Å²) in [5.74, 6) is -0.193. The van der Waals surface area contributed by atoms with Crippen molar-refractivity contribution in [2.24, 2.45) is 0 Å². The molecule has 10 heteroatoms. The molecular weight excluding hydrogens is 388 g/mol. The van der Waals surface area contributed by atoms with E-state index >= 15 is 0 Å². The van der Waals surface area contributed by atoms with Crippen LogP contribution < -0.4 is 15.4 Å². The number of alkyl carbamates (subject to hydrolysis) is 1. The maximum absolute atomic E-state index is 12.1. The quantitative estimate of drug-likeness (QED) is 0.411. The molecule has 0 radical (unpaired) electrons. The standard InChI is InChI=1S/C18H28N2O7S/c1-18(2,3)27-17(22)20-15(16(21)19-4)12-13-6-8-14(9-7-13)26-10-5-11-28(23,24)25/h6-9,15H,5,10-12H2,1-4H3,(H,19,21)(H,20,22)(H,23,24,25)/t15-/m0/s1. The first kappa shape index (κ1) is 23.7. The van der Waals surface area contributed by atoms with E-state index < -0.39 is 27.9 Å². The van der Waals surface area contributed by atoms with E-state index in [1.807, 2.05) is 0 Å². The lowest BCUT2D eigenvalue weighted by Gasteiger charge is -2.23. The molecule has 0 aromatic heterocycles. The van der Waals surface area contributed by atoms with Gasteiger partial charge in [-0.25, -0.2) is 4.79 Å². The minimum absolute atomic E-state index is 0.139. The molecular formula is C18H28N2O7S. The lowest BCUT2D eigenvalue weighted by Crippen LogP contribution is -2.48. The van der Waals surface area contributed by atoms with E-state index in [1.54, 1.807) is 45.0 Å². The van der Waals surface area contributed by atoms with Gasteiger partial charge in [0.25, 0.3) is 10.1 Å². The number of nitrogens with one attached hydrogen (secondary N) is 2. The third-order valence-electron chi connectivity index (χ3n) is 3.43. The van der Waals surface area contributed by atoms with Crippen LogP contribution in [0, 0.1) is 0 Å². The Morgan fingerprint density at radius 1 is 1.18 bits per heavy atom. The van der Waals surface area contributed by atoms with Crippen LogP contribution in [-0.2, 0) is 26.1 Å². The van der Waals surface area contributed by atoms with E-state index in [-0.39, 0.29) is 31.1 Å². The zero-order valence-corrected chi connectivity index (χ0v) is 17.3. The summed E-state index contributed by atoms with van der Waals surface area (Å²) in [4.78, 5) is 24.0. The monoisotopic (exact) mass is 416 g/mol. The second-order valence-electron chi connectivity index (χ2n) is 7.15. The Bertz CT molecular complexity index is 755. The van der Waals surface area contributed by atoms with Crippen LogP contribution in [0.4, 0.5) is 4.79 Å². The SMILES string of the molecule is CNC(=O)[C@H](Cc1ccc(OCCCS(=O)(=O)O)cc1)NC(=O)OC(C)(C)C. The number of carbonyl (C=O) groups is 2. The van der Waals surface area contributed by atoms with Crippen molar-refractivity contribution in [2.75, 3.05) is 19.4 Å². The van der Waals surface area contributed by atoms with Crippen LogP contribution in [0.25, 0.3) is 0 Å². The van der Waals surface area contributed by atoms with Crippen molar-refractivity contribution >= 4 is 22.1 Å². The van der Waals surface area contributed by atoms with Crippen LogP contribution in [0.5, 0.6) is 5.75 Å². The molecule has 0 aliphatic rings. The van der Waals surface area contributed by atoms with E-state index in [0.717, 1.165) is 5.56 Å². The van der Waals surface area contributed by atoms with Gasteiger partial charge in [0.15, 0.2) is 0 Å². The highest BCUT2D eigenvalue weighted by atomic mass is 32.2. The molecule has 2 amide bonds. The van der Waals surface area contributed by atoms with Crippen molar-refractivity contribution < 1.29 is 32.0 Å². The normalized spacial score (nSPS) is 12.8. The smallest absolute Gasteiger partial charge is 0.408 e. The van der Waals surface area contributed by atoms with Crippen molar-refractivity contribution in [3.63, 3.8) is 0 Å². The second kappa shape index (κ2) is 10.3. The van der Waals surface area contributed by atoms with E-state index in [2.05, 4.69) is 10.6 Å². The lowest BCUT2D eigenvalue weighted by atomic mass is 10.1. The zero-order chi connectivity index (χ0) is 21.4. The topological polar surface area (TPSA) is 131 Å². The number of rotatable bonds is 9. The number of benzene rings is 1. The molecule has 9 nitrogen and oxygen atoms in total. The van der Waals surface area contributed by atoms with Gasteiger partial charge in [-0.1, -0.05) is 12.1 Å². The highest BCUT2D eigenvalue weighted by Gasteiger charge is 2.24. The van der Waals surface area contributed by atoms with Crippen molar-refractivity contribution in [1.29, 1.82) is 0 Å². The first-order valence-corrected chi connectivity index (χ1v) is 10.4. The van der Waals surface area contributed by atoms with Gasteiger partial charge in [0.1, 0.15) is 17.4 Å². The molecule has 0 heterocycles. The Kier molecular flexibility index (Phi) is 8.70. The third kappa shape index (κ3) is 10.1. The summed E-state index contributed by atoms with van der Waals surface area (Å²) in [6.45, 7) is 5.34. The number of hydrogen-bond acceptors (Lipinski definition) is 6. The molecule has 0 aliphatic heterocycles. The minimum atomic E-state index is -3.99. The fourth-order valence-corrected chi connectivity index (χ4v) is 2.70. The summed E-state index contributed by atoms with van der Waals surface area (Å²) < 4.78 is 40.6. The predicted octanol–water partition coefficient (Wildman–Crippen LogP) is 1.53. The molecule has 1 aromatic carbocycles. The molecule has 1 aromatic rings. The largest absolute Gasteiger partial charge is 0.494 e. The summed E-state index contributed by atoms with van der Waals surface area (Å²) >= 11 is 0. The molecule has 0 saturated carbocycles. The fraction of sp³-hybridized carbons (Fsp3) is 0.556. The molecule has 0 aliphatic carbocycles. The average Bonchev–Trinajstić information content (AvgIpc) is 2.56. The van der Waals surface area contributed by atoms with Crippen LogP contribution in [0.3, 0.4) is 0 Å². The number of amides is 2. The summed E-state index contributed by atoms with van der Waals surface area (Å²) in [6.07, 6.45) is -0.263. The zero-order valence-electron chi connectivity index (χ0n) is 16.5. The fourth-order valence-electron chi connectivity index (χ4n) is 2.22. The molecule has 3 N–H and O–H groups in total. The Labute approximate surface area is 165 Å². The van der Waals surface area contributed by atoms with Gasteiger partial charge in [-0.15, -0.1) is 0 Å². The van der Waals surface area contributed by atoms with Crippen LogP contribution in [0.2, 0.25) is 0 Å². The molecule has 0 saturated heterocycles. The van der Waals surface area contributed by atoms with Crippen LogP contribution >= 0.6 is 0 Å². The summed E-state index contributed by atoms with van der Waals surface area (Å²) in [5, 5.41) is 5.07. The third-order valence-corrected chi connectivity index (χ3v) is 4.24. The highest BCUT2D eigenvalue weighted by Crippen LogP contribution is 2.14. The van der Waals surface area contributed by atoms with Crippen molar-refractivity contribution in [3.05, 3.63) is 29.8 Å². The van der Waals surface area contributed by atoms with Crippen LogP contribution in [0.15, 0.2) is 24.3 Å². The summed E-state index contributed by atoms with van der Waals surface area (Å²) in [6, 6.07) is 6.03. The van der Waals surface area contributed by atoms with Crippen molar-refractivity contribution in [1.82, 2.24) is 10.6 Å². The average molecular weight is 416 g/mol. The lowest BCUT2D eigenvalue weighted by molar-refractivity contribution is -0.122. The summed E-state index contributed by atoms with van der Waals surface area (Å²) in [5.41, 5.74) is 0.112. The molecule has 1 atom stereocenters. The Hall–Kier alpha value is -2.33. The van der Waals surface area contributed by atoms with Gasteiger partial charge in [-0.3, -0.25) is 9.35 Å². The maximum Gasteiger partial charge on any atom is 0.408 e. The van der Waals surface area contributed by atoms with Crippen LogP contribution in [-0.4, -0.2) is 56.0 Å². The number of ether oxygens (including phenoxy) is 2. The van der Waals surface area contributed by atoms with Gasteiger partial charge in [0, 0.05) is 13.5 Å². The first-order chi connectivity index (χ1) is 12.9. The Morgan fingerprint density at radius 3 is 2.29 bits per heavy atom. The highest BCUT2D eigenvalue weighted by molar-refractivity contribution is 7.85. The molecule has 0 fully saturated rings. The molecule has 158 valence electrons. The number of likely N-dealkylation sites (N-methyl/N-ethyl adjacent to an activating group) is 1. The Morgan fingerprint density at radius 2 is 1.79 bits per heavy atom. The van der Waals surface area contributed by atoms with Gasteiger partial charge in [-0.05, 0) is 44.9 Å². The van der Waals surface area contributed by atoms with E-state index in [1.165, 1.54) is 7.05 Å². The predicted molar refractivity (Wildman–Crippen MR) is 104 cm³/mol. The van der Waals surface area contributed by atoms with Crippen molar-refractivity contribution in [2.45, 2.75) is 45.3 Å². The van der Waals surface area contributed by atoms with Crippen LogP contribution in [0.1, 0.15) is 32.8 Å². The number of carbonyl (C=O) groups excluding carboxylic acids is 2. The molecule has 28 heavy (non-hydrogen) atoms. The summed E-state index contributed by atoms with van der Waals surface area (Å²) in [7, 11) is -2.51. The van der Waals surface area contributed by atoms with Gasteiger partial charge in [0.05, 0.1) is 12.4 Å². The number of hydrogen-bond donors (Lipinski definition) is 3. The van der Waals surface area contributed by atoms with E-state index in [9.17, 15) is 18.0 Å². The molecule has 0 spiro atoms. The molecule has 1 rings (SSSR count). The van der Waals surface area contributed by atoms with Gasteiger partial charge in [0.2, 0.25) is 5.91 Å². The molecule has 0 bridgehead atoms. The van der Waals surface area contributed by atoms with Gasteiger partial charge in [-0.2, -0.15) is 8.42 Å². The Balaban J connectivity index is 2.64. The maximum atomic E-state index is 12.1. The van der Waals surface area contributed by atoms with E-state index in [0.29, 0.717) is 5.75 Å². The van der Waals surface area contributed by atoms with Crippen molar-refractivity contribution in [3.8, 4) is 5.75 Å². The van der Waals surface area contributed by atoms with Gasteiger partial charge < -0.3 is 20.1 Å².